The second-order valence-electron chi connectivity index (χ2n) is 21.7. The summed E-state index contributed by atoms with van der Waals surface area (Å²) in [5.74, 6) is -0.0622. The van der Waals surface area contributed by atoms with Crippen molar-refractivity contribution in [1.29, 1.82) is 0 Å². The number of amides is 1. The average Bonchev–Trinajstić information content (AvgIpc) is 3.37. The average molecular weight is 999 g/mol. The van der Waals surface area contributed by atoms with E-state index in [-0.39, 0.29) is 18.5 Å². The van der Waals surface area contributed by atoms with Gasteiger partial charge in [-0.25, -0.2) is 0 Å². The van der Waals surface area contributed by atoms with Crippen LogP contribution in [0.5, 0.6) is 0 Å². The van der Waals surface area contributed by atoms with Crippen molar-refractivity contribution in [2.45, 2.75) is 353 Å². The van der Waals surface area contributed by atoms with Gasteiger partial charge in [0.2, 0.25) is 5.91 Å². The highest BCUT2D eigenvalue weighted by Crippen LogP contribution is 2.18. The Balaban J connectivity index is 3.40. The molecule has 0 fully saturated rings. The molecule has 0 aliphatic carbocycles. The third-order valence-electron chi connectivity index (χ3n) is 14.7. The first-order chi connectivity index (χ1) is 35.0. The zero-order chi connectivity index (χ0) is 51.4. The second-order valence-corrected chi connectivity index (χ2v) is 21.7. The summed E-state index contributed by atoms with van der Waals surface area (Å²) < 4.78 is 5.50. The Kier molecular flexibility index (Phi) is 59.0. The van der Waals surface area contributed by atoms with Gasteiger partial charge in [-0.15, -0.1) is 0 Å². The van der Waals surface area contributed by atoms with Crippen molar-refractivity contribution in [2.24, 2.45) is 0 Å². The zero-order valence-electron chi connectivity index (χ0n) is 47.7. The van der Waals surface area contributed by atoms with Crippen molar-refractivity contribution in [3.05, 3.63) is 36.5 Å². The number of allylic oxidation sites excluding steroid dienone is 5. The summed E-state index contributed by atoms with van der Waals surface area (Å²) in [5, 5.41) is 23.1. The fraction of sp³-hybridized carbons (Fsp3) is 0.877. The first-order valence-corrected chi connectivity index (χ1v) is 31.8. The maximum absolute atomic E-state index is 12.5. The Bertz CT molecular complexity index is 1150. The molecule has 0 aromatic heterocycles. The van der Waals surface area contributed by atoms with Crippen molar-refractivity contribution >= 4 is 11.9 Å². The molecule has 0 aliphatic rings. The fourth-order valence-corrected chi connectivity index (χ4v) is 9.78. The number of rotatable bonds is 59. The second kappa shape index (κ2) is 60.6. The summed E-state index contributed by atoms with van der Waals surface area (Å²) in [7, 11) is 0. The highest BCUT2D eigenvalue weighted by atomic mass is 16.5. The molecule has 0 saturated heterocycles. The molecule has 0 aliphatic heterocycles. The number of esters is 1. The van der Waals surface area contributed by atoms with Gasteiger partial charge in [0.1, 0.15) is 0 Å². The Labute approximate surface area is 443 Å². The molecule has 0 spiro atoms. The van der Waals surface area contributed by atoms with Crippen LogP contribution in [-0.2, 0) is 14.3 Å². The van der Waals surface area contributed by atoms with Crippen LogP contribution in [0.2, 0.25) is 0 Å². The van der Waals surface area contributed by atoms with Gasteiger partial charge in [0, 0.05) is 12.8 Å². The van der Waals surface area contributed by atoms with Crippen molar-refractivity contribution in [2.75, 3.05) is 13.2 Å². The molecule has 0 aromatic rings. The summed E-state index contributed by atoms with van der Waals surface area (Å²) in [5.41, 5.74) is 0. The molecule has 0 rings (SSSR count). The van der Waals surface area contributed by atoms with Gasteiger partial charge in [0.05, 0.1) is 25.4 Å². The standard InChI is InChI=1S/C65H123NO5/c1-3-5-7-9-11-13-15-17-19-20-23-27-31-35-39-43-47-51-55-59-65(70)71-60-56-52-48-44-40-36-32-28-25-22-21-24-26-30-34-38-42-46-50-54-58-64(69)66-62(61-67)63(68)57-53-49-45-41-37-33-29-18-16-14-12-10-8-6-4-2/h11,13,17,19,53,57,62-63,67-68H,3-10,12,14-16,18,20-52,54-56,58-61H2,1-2H3,(H,66,69)/b13-11-,19-17-,57-53+. The minimum absolute atomic E-state index is 0.00633. The number of nitrogens with one attached hydrogen (secondary N) is 1. The van der Waals surface area contributed by atoms with E-state index in [1.165, 1.54) is 263 Å². The maximum Gasteiger partial charge on any atom is 0.305 e. The maximum atomic E-state index is 12.5. The van der Waals surface area contributed by atoms with E-state index in [0.717, 1.165) is 51.4 Å². The van der Waals surface area contributed by atoms with E-state index < -0.39 is 12.1 Å². The molecule has 6 heteroatoms. The number of hydrogen-bond acceptors (Lipinski definition) is 5. The van der Waals surface area contributed by atoms with E-state index >= 15 is 0 Å². The number of ether oxygens (including phenoxy) is 1. The van der Waals surface area contributed by atoms with Gasteiger partial charge in [-0.1, -0.05) is 301 Å². The molecule has 71 heavy (non-hydrogen) atoms. The molecule has 0 heterocycles. The normalized spacial score (nSPS) is 12.8. The quantitative estimate of drug-likeness (QED) is 0.0321. The molecular weight excluding hydrogens is 875 g/mol. The monoisotopic (exact) mass is 998 g/mol. The molecule has 2 unspecified atom stereocenters. The van der Waals surface area contributed by atoms with Gasteiger partial charge in [0.15, 0.2) is 0 Å². The Hall–Kier alpha value is -1.92. The lowest BCUT2D eigenvalue weighted by Gasteiger charge is -2.20. The SMILES string of the molecule is CCCCC/C=C\C/C=C\CCCCCCCCCCCC(=O)OCCCCCCCCCCCCCCCCCCCCCCC(=O)NC(CO)C(O)/C=C/CCCCCCCCCCCCCCC. The number of aliphatic hydroxyl groups is 2. The minimum atomic E-state index is -0.846. The van der Waals surface area contributed by atoms with E-state index in [2.05, 4.69) is 43.5 Å². The molecule has 6 nitrogen and oxygen atoms in total. The lowest BCUT2D eigenvalue weighted by molar-refractivity contribution is -0.143. The fourth-order valence-electron chi connectivity index (χ4n) is 9.78. The Morgan fingerprint density at radius 1 is 0.394 bits per heavy atom. The van der Waals surface area contributed by atoms with Crippen LogP contribution in [0.1, 0.15) is 341 Å². The number of hydrogen-bond donors (Lipinski definition) is 3. The molecule has 0 bridgehead atoms. The highest BCUT2D eigenvalue weighted by Gasteiger charge is 2.18. The van der Waals surface area contributed by atoms with Gasteiger partial charge in [-0.2, -0.15) is 0 Å². The lowest BCUT2D eigenvalue weighted by atomic mass is 10.0. The van der Waals surface area contributed by atoms with Crippen molar-refractivity contribution < 1.29 is 24.5 Å². The van der Waals surface area contributed by atoms with Gasteiger partial charge in [0.25, 0.3) is 0 Å². The van der Waals surface area contributed by atoms with Crippen molar-refractivity contribution in [1.82, 2.24) is 5.32 Å². The smallest absolute Gasteiger partial charge is 0.305 e. The topological polar surface area (TPSA) is 95.9 Å². The Morgan fingerprint density at radius 2 is 0.704 bits per heavy atom. The van der Waals surface area contributed by atoms with Crippen LogP contribution >= 0.6 is 0 Å². The first kappa shape index (κ1) is 69.1. The molecule has 0 radical (unpaired) electrons. The van der Waals surface area contributed by atoms with E-state index in [1.54, 1.807) is 6.08 Å². The van der Waals surface area contributed by atoms with Gasteiger partial charge < -0.3 is 20.3 Å². The van der Waals surface area contributed by atoms with E-state index in [4.69, 9.17) is 4.74 Å². The molecule has 0 aromatic carbocycles. The van der Waals surface area contributed by atoms with Gasteiger partial charge >= 0.3 is 5.97 Å². The predicted molar refractivity (Wildman–Crippen MR) is 310 cm³/mol. The van der Waals surface area contributed by atoms with Gasteiger partial charge in [-0.3, -0.25) is 9.59 Å². The van der Waals surface area contributed by atoms with Gasteiger partial charge in [-0.05, 0) is 64.2 Å². The summed E-state index contributed by atoms with van der Waals surface area (Å²) >= 11 is 0. The van der Waals surface area contributed by atoms with E-state index in [1.807, 2.05) is 6.08 Å². The highest BCUT2D eigenvalue weighted by molar-refractivity contribution is 5.76. The third-order valence-corrected chi connectivity index (χ3v) is 14.7. The molecule has 0 saturated carbocycles. The van der Waals surface area contributed by atoms with E-state index in [9.17, 15) is 19.8 Å². The lowest BCUT2D eigenvalue weighted by Crippen LogP contribution is -2.45. The van der Waals surface area contributed by atoms with Crippen molar-refractivity contribution in [3.63, 3.8) is 0 Å². The summed E-state index contributed by atoms with van der Waals surface area (Å²) in [4.78, 5) is 24.6. The number of unbranched alkanes of at least 4 members (excludes halogenated alkanes) is 44. The summed E-state index contributed by atoms with van der Waals surface area (Å²) in [6.45, 7) is 4.89. The van der Waals surface area contributed by atoms with E-state index in [0.29, 0.717) is 19.4 Å². The van der Waals surface area contributed by atoms with Crippen LogP contribution in [0.4, 0.5) is 0 Å². The third kappa shape index (κ3) is 57.2. The molecule has 3 N–H and O–H groups in total. The molecule has 1 amide bonds. The minimum Gasteiger partial charge on any atom is -0.466 e. The van der Waals surface area contributed by atoms with Crippen LogP contribution in [0.3, 0.4) is 0 Å². The number of carbonyl (C=O) groups excluding carboxylic acids is 2. The molecule has 418 valence electrons. The Morgan fingerprint density at radius 3 is 1.10 bits per heavy atom. The zero-order valence-corrected chi connectivity index (χ0v) is 47.7. The number of carbonyl (C=O) groups is 2. The predicted octanol–water partition coefficient (Wildman–Crippen LogP) is 20.0. The van der Waals surface area contributed by atoms with Crippen LogP contribution in [0.25, 0.3) is 0 Å². The number of aliphatic hydroxyl groups excluding tert-OH is 2. The largest absolute Gasteiger partial charge is 0.466 e. The van der Waals surface area contributed by atoms with Crippen LogP contribution in [0, 0.1) is 0 Å². The van der Waals surface area contributed by atoms with Crippen LogP contribution in [-0.4, -0.2) is 47.4 Å². The first-order valence-electron chi connectivity index (χ1n) is 31.8. The van der Waals surface area contributed by atoms with Crippen molar-refractivity contribution in [3.8, 4) is 0 Å². The van der Waals surface area contributed by atoms with Crippen LogP contribution in [0.15, 0.2) is 36.5 Å². The molecule has 2 atom stereocenters. The summed E-state index contributed by atoms with van der Waals surface area (Å²) in [6.07, 6.45) is 76.1. The molecular formula is C65H123NO5. The van der Waals surface area contributed by atoms with Crippen LogP contribution < -0.4 is 5.32 Å². The summed E-state index contributed by atoms with van der Waals surface area (Å²) in [6, 6.07) is -0.629.